The van der Waals surface area contributed by atoms with E-state index in [-0.39, 0.29) is 25.0 Å². The van der Waals surface area contributed by atoms with Crippen LogP contribution < -0.4 is 27.4 Å². The minimum Gasteiger partial charge on any atom is -0.508 e. The Bertz CT molecular complexity index is 946. The molecule has 3 amide bonds. The Balaban J connectivity index is 3.12. The zero-order valence-corrected chi connectivity index (χ0v) is 22.0. The molecule has 10 N–H and O–H groups in total. The lowest BCUT2D eigenvalue weighted by Gasteiger charge is -2.25. The van der Waals surface area contributed by atoms with E-state index in [1.807, 2.05) is 0 Å². The highest BCUT2D eigenvalue weighted by molar-refractivity contribution is 7.98. The summed E-state index contributed by atoms with van der Waals surface area (Å²) >= 11 is 1.41. The molecule has 0 saturated heterocycles. The number of aliphatic carboxylic acids is 2. The van der Waals surface area contributed by atoms with Gasteiger partial charge in [-0.3, -0.25) is 19.2 Å². The molecular formula is C24H37N5O8S. The average molecular weight is 556 g/mol. The maximum atomic E-state index is 13.2. The third-order valence-corrected chi connectivity index (χ3v) is 6.19. The number of thioether (sulfide) groups is 1. The number of amides is 3. The van der Waals surface area contributed by atoms with Gasteiger partial charge in [-0.2, -0.15) is 11.8 Å². The highest BCUT2D eigenvalue weighted by Gasteiger charge is 2.30. The molecule has 0 aliphatic carbocycles. The van der Waals surface area contributed by atoms with Crippen molar-refractivity contribution in [1.82, 2.24) is 16.0 Å². The van der Waals surface area contributed by atoms with Gasteiger partial charge < -0.3 is 42.7 Å². The van der Waals surface area contributed by atoms with Crippen LogP contribution in [-0.4, -0.2) is 87.7 Å². The van der Waals surface area contributed by atoms with Crippen LogP contribution in [0.3, 0.4) is 0 Å². The Labute approximate surface area is 225 Å². The number of benzene rings is 1. The van der Waals surface area contributed by atoms with Gasteiger partial charge >= 0.3 is 11.9 Å². The van der Waals surface area contributed by atoms with Crippen molar-refractivity contribution < 1.29 is 39.3 Å². The van der Waals surface area contributed by atoms with E-state index in [4.69, 9.17) is 16.6 Å². The lowest BCUT2D eigenvalue weighted by atomic mass is 10.0. The highest BCUT2D eigenvalue weighted by atomic mass is 32.2. The van der Waals surface area contributed by atoms with Crippen molar-refractivity contribution in [3.63, 3.8) is 0 Å². The number of phenols is 1. The molecule has 1 aromatic carbocycles. The van der Waals surface area contributed by atoms with Gasteiger partial charge in [-0.05, 0) is 61.9 Å². The number of nitrogens with two attached hydrogens (primary N) is 2. The first kappa shape index (κ1) is 32.7. The number of carboxylic acids is 2. The van der Waals surface area contributed by atoms with E-state index >= 15 is 0 Å². The lowest BCUT2D eigenvalue weighted by molar-refractivity contribution is -0.142. The predicted molar refractivity (Wildman–Crippen MR) is 141 cm³/mol. The van der Waals surface area contributed by atoms with E-state index in [9.17, 15) is 34.2 Å². The Morgan fingerprint density at radius 3 is 2.00 bits per heavy atom. The summed E-state index contributed by atoms with van der Waals surface area (Å²) < 4.78 is 0. The minimum atomic E-state index is -1.38. The molecule has 0 saturated carbocycles. The monoisotopic (exact) mass is 555 g/mol. The number of carbonyl (C=O) groups excluding carboxylic acids is 3. The summed E-state index contributed by atoms with van der Waals surface area (Å²) in [4.78, 5) is 61.3. The van der Waals surface area contributed by atoms with Crippen molar-refractivity contribution in [2.45, 2.75) is 62.7 Å². The summed E-state index contributed by atoms with van der Waals surface area (Å²) in [7, 11) is 0. The van der Waals surface area contributed by atoms with Gasteiger partial charge in [0.2, 0.25) is 17.7 Å². The first-order valence-electron chi connectivity index (χ1n) is 12.1. The van der Waals surface area contributed by atoms with Gasteiger partial charge in [-0.1, -0.05) is 12.1 Å². The molecule has 0 spiro atoms. The van der Waals surface area contributed by atoms with E-state index in [2.05, 4.69) is 16.0 Å². The number of unbranched alkanes of at least 4 members (excludes halogenated alkanes) is 1. The molecule has 0 radical (unpaired) electrons. The second-order valence-corrected chi connectivity index (χ2v) is 9.65. The topological polar surface area (TPSA) is 234 Å². The molecule has 0 aromatic heterocycles. The molecule has 0 aliphatic heterocycles. The van der Waals surface area contributed by atoms with Crippen molar-refractivity contribution >= 4 is 41.4 Å². The molecule has 13 nitrogen and oxygen atoms in total. The molecular weight excluding hydrogens is 518 g/mol. The van der Waals surface area contributed by atoms with Crippen LogP contribution >= 0.6 is 11.8 Å². The van der Waals surface area contributed by atoms with Crippen molar-refractivity contribution in [3.8, 4) is 5.75 Å². The van der Waals surface area contributed by atoms with Gasteiger partial charge in [0.25, 0.3) is 0 Å². The summed E-state index contributed by atoms with van der Waals surface area (Å²) in [6, 6.07) is 1.00. The van der Waals surface area contributed by atoms with E-state index in [0.717, 1.165) is 0 Å². The normalized spacial score (nSPS) is 14.0. The van der Waals surface area contributed by atoms with Gasteiger partial charge in [-0.25, -0.2) is 4.79 Å². The number of aromatic hydroxyl groups is 1. The van der Waals surface area contributed by atoms with Crippen molar-refractivity contribution in [2.75, 3.05) is 18.6 Å². The smallest absolute Gasteiger partial charge is 0.326 e. The molecule has 0 aliphatic rings. The number of rotatable bonds is 18. The molecule has 0 heterocycles. The number of carbonyl (C=O) groups is 5. The SMILES string of the molecule is CSCCC(NC(=O)C(N)CC(=O)O)C(=O)NC(Cc1ccc(O)cc1)C(=O)NC(CCCCN)C(=O)O. The summed E-state index contributed by atoms with van der Waals surface area (Å²) in [6.07, 6.45) is 2.50. The molecule has 38 heavy (non-hydrogen) atoms. The Hall–Kier alpha value is -3.36. The fourth-order valence-electron chi connectivity index (χ4n) is 3.44. The van der Waals surface area contributed by atoms with Crippen LogP contribution in [0.5, 0.6) is 5.75 Å². The fraction of sp³-hybridized carbons (Fsp3) is 0.542. The molecule has 212 valence electrons. The minimum absolute atomic E-state index is 0.00201. The summed E-state index contributed by atoms with van der Waals surface area (Å²) in [5.41, 5.74) is 11.7. The van der Waals surface area contributed by atoms with Crippen LogP contribution in [0.15, 0.2) is 24.3 Å². The largest absolute Gasteiger partial charge is 0.508 e. The zero-order valence-electron chi connectivity index (χ0n) is 21.2. The Kier molecular flexibility index (Phi) is 14.8. The first-order chi connectivity index (χ1) is 18.0. The first-order valence-corrected chi connectivity index (χ1v) is 13.5. The highest BCUT2D eigenvalue weighted by Crippen LogP contribution is 2.13. The third-order valence-electron chi connectivity index (χ3n) is 5.55. The van der Waals surface area contributed by atoms with E-state index in [1.165, 1.54) is 23.9 Å². The fourth-order valence-corrected chi connectivity index (χ4v) is 3.91. The van der Waals surface area contributed by atoms with Crippen LogP contribution in [0, 0.1) is 0 Å². The van der Waals surface area contributed by atoms with Crippen LogP contribution in [0.2, 0.25) is 0 Å². The van der Waals surface area contributed by atoms with Gasteiger partial charge in [0.15, 0.2) is 0 Å². The summed E-state index contributed by atoms with van der Waals surface area (Å²) in [5.74, 6) is -4.34. The maximum Gasteiger partial charge on any atom is 0.326 e. The molecule has 0 fully saturated rings. The lowest BCUT2D eigenvalue weighted by Crippen LogP contribution is -2.57. The van der Waals surface area contributed by atoms with Crippen LogP contribution in [-0.2, 0) is 30.4 Å². The molecule has 1 aromatic rings. The van der Waals surface area contributed by atoms with Crippen LogP contribution in [0.25, 0.3) is 0 Å². The average Bonchev–Trinajstić information content (AvgIpc) is 2.85. The number of phenolic OH excluding ortho intramolecular Hbond substituents is 1. The van der Waals surface area contributed by atoms with Crippen LogP contribution in [0.1, 0.15) is 37.7 Å². The van der Waals surface area contributed by atoms with Crippen LogP contribution in [0.4, 0.5) is 0 Å². The summed E-state index contributed by atoms with van der Waals surface area (Å²) in [5, 5.41) is 35.5. The van der Waals surface area contributed by atoms with E-state index in [0.29, 0.717) is 30.7 Å². The number of carboxylic acid groups (broad SMARTS) is 2. The molecule has 0 bridgehead atoms. The zero-order chi connectivity index (χ0) is 28.7. The quantitative estimate of drug-likeness (QED) is 0.104. The predicted octanol–water partition coefficient (Wildman–Crippen LogP) is -0.842. The number of hydrogen-bond donors (Lipinski definition) is 8. The molecule has 4 unspecified atom stereocenters. The maximum absolute atomic E-state index is 13.2. The molecule has 4 atom stereocenters. The van der Waals surface area contributed by atoms with Crippen molar-refractivity contribution in [2.24, 2.45) is 11.5 Å². The molecule has 1 rings (SSSR count). The molecule has 14 heteroatoms. The van der Waals surface area contributed by atoms with Gasteiger partial charge in [0.05, 0.1) is 12.5 Å². The van der Waals surface area contributed by atoms with Gasteiger partial charge in [-0.15, -0.1) is 0 Å². The second-order valence-electron chi connectivity index (χ2n) is 8.66. The van der Waals surface area contributed by atoms with Crippen molar-refractivity contribution in [3.05, 3.63) is 29.8 Å². The van der Waals surface area contributed by atoms with Gasteiger partial charge in [0, 0.05) is 6.42 Å². The second kappa shape index (κ2) is 17.2. The third kappa shape index (κ3) is 12.3. The summed E-state index contributed by atoms with van der Waals surface area (Å²) in [6.45, 7) is 0.374. The van der Waals surface area contributed by atoms with E-state index < -0.39 is 60.2 Å². The van der Waals surface area contributed by atoms with Crippen molar-refractivity contribution in [1.29, 1.82) is 0 Å². The Morgan fingerprint density at radius 1 is 0.868 bits per heavy atom. The van der Waals surface area contributed by atoms with Gasteiger partial charge in [0.1, 0.15) is 23.9 Å². The van der Waals surface area contributed by atoms with E-state index in [1.54, 1.807) is 18.4 Å². The standard InChI is InChI=1S/C24H37N5O8S/c1-38-11-9-17(27-21(33)16(26)13-20(31)32)22(34)29-19(12-14-5-7-15(30)8-6-14)23(35)28-18(24(36)37)4-2-3-10-25/h5-8,16-19,30H,2-4,9-13,25-26H2,1H3,(H,27,33)(H,28,35)(H,29,34)(H,31,32)(H,36,37). The number of nitrogens with one attached hydrogen (secondary N) is 3. The number of hydrogen-bond acceptors (Lipinski definition) is 9. The Morgan fingerprint density at radius 2 is 1.45 bits per heavy atom.